The summed E-state index contributed by atoms with van der Waals surface area (Å²) in [5.74, 6) is 0. The first-order valence-electron chi connectivity index (χ1n) is 9.58. The molecule has 27 heavy (non-hydrogen) atoms. The maximum absolute atomic E-state index is 3.82. The van der Waals surface area contributed by atoms with Crippen LogP contribution in [0.1, 0.15) is 36.8 Å². The number of hydrogen-bond donors (Lipinski definition) is 2. The van der Waals surface area contributed by atoms with Gasteiger partial charge < -0.3 is 10.6 Å². The van der Waals surface area contributed by atoms with Crippen molar-refractivity contribution >= 4 is 36.6 Å². The van der Waals surface area contributed by atoms with Crippen LogP contribution < -0.4 is 10.6 Å². The standard InChI is InChI=1S/C22H28N2S.2ClH/c1-3-7-17(8-4-1)15-23-19-11-13-22-20(12-14-21(19)25-22)24-16-18-9-5-2-6-10-18;;/h1-10,19-24H,11-16H2;2*1H. The topological polar surface area (TPSA) is 24.1 Å². The molecule has 2 aromatic rings. The van der Waals surface area contributed by atoms with Gasteiger partial charge in [0, 0.05) is 35.7 Å². The van der Waals surface area contributed by atoms with E-state index in [4.69, 9.17) is 0 Å². The highest BCUT2D eigenvalue weighted by Gasteiger charge is 2.38. The minimum absolute atomic E-state index is 0. The van der Waals surface area contributed by atoms with Crippen molar-refractivity contribution in [3.63, 3.8) is 0 Å². The Kier molecular flexibility index (Phi) is 9.47. The molecule has 5 heteroatoms. The minimum atomic E-state index is 0. The molecule has 2 fully saturated rings. The van der Waals surface area contributed by atoms with E-state index in [0.717, 1.165) is 23.6 Å². The average Bonchev–Trinajstić information content (AvgIpc) is 2.68. The Labute approximate surface area is 180 Å². The first kappa shape index (κ1) is 22.6. The molecule has 2 aliphatic rings. The first-order valence-corrected chi connectivity index (χ1v) is 10.5. The third-order valence-corrected chi connectivity index (χ3v) is 7.42. The maximum Gasteiger partial charge on any atom is 0.0208 e. The maximum atomic E-state index is 3.82. The number of thioether (sulfide) groups is 1. The molecule has 4 atom stereocenters. The first-order chi connectivity index (χ1) is 12.4. The van der Waals surface area contributed by atoms with Crippen molar-refractivity contribution in [1.82, 2.24) is 10.6 Å². The summed E-state index contributed by atoms with van der Waals surface area (Å²) in [6.45, 7) is 2.01. The third kappa shape index (κ3) is 6.13. The Morgan fingerprint density at radius 2 is 1.04 bits per heavy atom. The molecule has 2 aromatic carbocycles. The zero-order valence-corrected chi connectivity index (χ0v) is 18.0. The number of hydrogen-bond acceptors (Lipinski definition) is 3. The SMILES string of the molecule is Cl.Cl.c1ccc(CNC2CCC3SC2CCC3NCc2ccccc2)cc1. The van der Waals surface area contributed by atoms with Crippen LogP contribution in [-0.2, 0) is 13.1 Å². The molecule has 2 heterocycles. The fourth-order valence-electron chi connectivity index (χ4n) is 4.17. The monoisotopic (exact) mass is 424 g/mol. The van der Waals surface area contributed by atoms with Crippen molar-refractivity contribution in [2.24, 2.45) is 0 Å². The lowest BCUT2D eigenvalue weighted by molar-refractivity contribution is 0.330. The van der Waals surface area contributed by atoms with Crippen LogP contribution in [0.25, 0.3) is 0 Å². The van der Waals surface area contributed by atoms with Gasteiger partial charge in [0.15, 0.2) is 0 Å². The molecule has 2 saturated heterocycles. The number of nitrogens with one attached hydrogen (secondary N) is 2. The number of fused-ring (bicyclic) bond motifs is 2. The lowest BCUT2D eigenvalue weighted by Gasteiger charge is -2.44. The fourth-order valence-corrected chi connectivity index (χ4v) is 6.01. The molecule has 0 radical (unpaired) electrons. The highest BCUT2D eigenvalue weighted by molar-refractivity contribution is 8.00. The Morgan fingerprint density at radius 3 is 1.44 bits per heavy atom. The van der Waals surface area contributed by atoms with Crippen LogP contribution in [0.4, 0.5) is 0 Å². The molecule has 2 N–H and O–H groups in total. The van der Waals surface area contributed by atoms with E-state index < -0.39 is 0 Å². The van der Waals surface area contributed by atoms with Crippen molar-refractivity contribution in [1.29, 1.82) is 0 Å². The number of rotatable bonds is 6. The van der Waals surface area contributed by atoms with Gasteiger partial charge >= 0.3 is 0 Å². The van der Waals surface area contributed by atoms with Crippen molar-refractivity contribution in [3.05, 3.63) is 71.8 Å². The second kappa shape index (κ2) is 11.3. The van der Waals surface area contributed by atoms with Gasteiger partial charge in [0.2, 0.25) is 0 Å². The normalized spacial score (nSPS) is 26.5. The molecule has 0 aromatic heterocycles. The van der Waals surface area contributed by atoms with Crippen LogP contribution in [0.15, 0.2) is 60.7 Å². The van der Waals surface area contributed by atoms with Gasteiger partial charge in [-0.2, -0.15) is 11.8 Å². The van der Waals surface area contributed by atoms with Crippen LogP contribution in [0.3, 0.4) is 0 Å². The van der Waals surface area contributed by atoms with E-state index in [-0.39, 0.29) is 24.8 Å². The van der Waals surface area contributed by atoms with E-state index in [0.29, 0.717) is 12.1 Å². The third-order valence-electron chi connectivity index (χ3n) is 5.59. The van der Waals surface area contributed by atoms with Gasteiger partial charge in [-0.15, -0.1) is 24.8 Å². The van der Waals surface area contributed by atoms with Crippen LogP contribution >= 0.6 is 36.6 Å². The van der Waals surface area contributed by atoms with Crippen molar-refractivity contribution < 1.29 is 0 Å². The summed E-state index contributed by atoms with van der Waals surface area (Å²) in [5, 5.41) is 9.23. The molecule has 0 saturated carbocycles. The Bertz CT molecular complexity index is 598. The van der Waals surface area contributed by atoms with Crippen molar-refractivity contribution in [2.45, 2.75) is 61.4 Å². The van der Waals surface area contributed by atoms with E-state index in [1.165, 1.54) is 36.8 Å². The predicted octanol–water partition coefficient (Wildman–Crippen LogP) is 5.20. The number of benzene rings is 2. The van der Waals surface area contributed by atoms with Gasteiger partial charge in [-0.05, 0) is 36.8 Å². The van der Waals surface area contributed by atoms with Crippen LogP contribution in [0.2, 0.25) is 0 Å². The second-order valence-electron chi connectivity index (χ2n) is 7.31. The second-order valence-corrected chi connectivity index (χ2v) is 8.80. The van der Waals surface area contributed by atoms with E-state index in [1.54, 1.807) is 0 Å². The molecule has 148 valence electrons. The lowest BCUT2D eigenvalue weighted by atomic mass is 9.91. The molecule has 4 rings (SSSR count). The zero-order valence-electron chi connectivity index (χ0n) is 15.6. The summed E-state index contributed by atoms with van der Waals surface area (Å²) in [4.78, 5) is 0. The zero-order chi connectivity index (χ0) is 16.9. The predicted molar refractivity (Wildman–Crippen MR) is 122 cm³/mol. The minimum Gasteiger partial charge on any atom is -0.309 e. The lowest BCUT2D eigenvalue weighted by Crippen LogP contribution is -2.51. The molecule has 0 aliphatic carbocycles. The molecule has 2 bridgehead atoms. The van der Waals surface area contributed by atoms with Gasteiger partial charge in [0.1, 0.15) is 0 Å². The molecular weight excluding hydrogens is 395 g/mol. The largest absolute Gasteiger partial charge is 0.309 e. The molecule has 2 aliphatic heterocycles. The van der Waals surface area contributed by atoms with Gasteiger partial charge in [0.25, 0.3) is 0 Å². The Balaban J connectivity index is 0.00000131. The van der Waals surface area contributed by atoms with E-state index in [2.05, 4.69) is 83.1 Å². The number of halogens is 2. The Hall–Kier alpha value is -0.710. The molecule has 2 nitrogen and oxygen atoms in total. The fraction of sp³-hybridized carbons (Fsp3) is 0.455. The highest BCUT2D eigenvalue weighted by Crippen LogP contribution is 2.41. The van der Waals surface area contributed by atoms with E-state index >= 15 is 0 Å². The van der Waals surface area contributed by atoms with E-state index in [1.807, 2.05) is 0 Å². The Morgan fingerprint density at radius 1 is 0.630 bits per heavy atom. The summed E-state index contributed by atoms with van der Waals surface area (Å²) in [6.07, 6.45) is 5.30. The summed E-state index contributed by atoms with van der Waals surface area (Å²) in [7, 11) is 0. The smallest absolute Gasteiger partial charge is 0.0208 e. The van der Waals surface area contributed by atoms with Gasteiger partial charge in [0.05, 0.1) is 0 Å². The molecule has 0 amide bonds. The summed E-state index contributed by atoms with van der Waals surface area (Å²) in [5.41, 5.74) is 2.79. The molecule has 0 spiro atoms. The van der Waals surface area contributed by atoms with Gasteiger partial charge in [-0.25, -0.2) is 0 Å². The van der Waals surface area contributed by atoms with Crippen LogP contribution in [0, 0.1) is 0 Å². The van der Waals surface area contributed by atoms with Crippen molar-refractivity contribution in [3.8, 4) is 0 Å². The van der Waals surface area contributed by atoms with Gasteiger partial charge in [-0.3, -0.25) is 0 Å². The molecular formula is C22H30Cl2N2S. The average molecular weight is 425 g/mol. The van der Waals surface area contributed by atoms with Crippen molar-refractivity contribution in [2.75, 3.05) is 0 Å². The van der Waals surface area contributed by atoms with Crippen LogP contribution in [-0.4, -0.2) is 22.6 Å². The summed E-state index contributed by atoms with van der Waals surface area (Å²) < 4.78 is 0. The van der Waals surface area contributed by atoms with E-state index in [9.17, 15) is 0 Å². The summed E-state index contributed by atoms with van der Waals surface area (Å²) in [6, 6.07) is 22.9. The summed E-state index contributed by atoms with van der Waals surface area (Å²) >= 11 is 2.23. The quantitative estimate of drug-likeness (QED) is 0.665. The molecule has 4 unspecified atom stereocenters. The van der Waals surface area contributed by atoms with Crippen LogP contribution in [0.5, 0.6) is 0 Å². The van der Waals surface area contributed by atoms with Gasteiger partial charge in [-0.1, -0.05) is 60.7 Å². The highest BCUT2D eigenvalue weighted by atomic mass is 35.5.